The smallest absolute Gasteiger partial charge is 0.240 e. The normalized spacial score (nSPS) is 25.6. The Morgan fingerprint density at radius 3 is 2.90 bits per heavy atom. The first kappa shape index (κ1) is 14.5. The van der Waals surface area contributed by atoms with Crippen molar-refractivity contribution in [1.82, 2.24) is 15.2 Å². The van der Waals surface area contributed by atoms with Crippen LogP contribution in [0.2, 0.25) is 0 Å². The van der Waals surface area contributed by atoms with Crippen molar-refractivity contribution in [3.05, 3.63) is 30.1 Å². The van der Waals surface area contributed by atoms with Gasteiger partial charge in [-0.1, -0.05) is 19.4 Å². The Bertz CT molecular complexity index is 472. The molecule has 4 heteroatoms. The van der Waals surface area contributed by atoms with Gasteiger partial charge in [0.1, 0.15) is 0 Å². The molecular weight excluding hydrogens is 262 g/mol. The molecule has 0 aromatic carbocycles. The van der Waals surface area contributed by atoms with Gasteiger partial charge in [0.2, 0.25) is 5.91 Å². The molecule has 1 saturated heterocycles. The van der Waals surface area contributed by atoms with E-state index in [0.29, 0.717) is 18.5 Å². The maximum atomic E-state index is 12.9. The average molecular weight is 287 g/mol. The highest BCUT2D eigenvalue weighted by molar-refractivity contribution is 5.82. The highest BCUT2D eigenvalue weighted by atomic mass is 16.2. The van der Waals surface area contributed by atoms with E-state index >= 15 is 0 Å². The van der Waals surface area contributed by atoms with E-state index in [-0.39, 0.29) is 11.9 Å². The summed E-state index contributed by atoms with van der Waals surface area (Å²) in [5.41, 5.74) is 0.987. The van der Waals surface area contributed by atoms with Gasteiger partial charge in [0, 0.05) is 12.2 Å². The maximum Gasteiger partial charge on any atom is 0.240 e. The molecule has 1 aromatic rings. The molecule has 0 spiro atoms. The first-order valence-electron chi connectivity index (χ1n) is 8.21. The number of carbonyl (C=O) groups is 1. The second-order valence-electron chi connectivity index (χ2n) is 6.32. The molecule has 3 rings (SSSR count). The Kier molecular flexibility index (Phi) is 4.54. The number of amides is 1. The van der Waals surface area contributed by atoms with Crippen LogP contribution in [0.1, 0.15) is 44.7 Å². The third-order valence-corrected chi connectivity index (χ3v) is 4.72. The van der Waals surface area contributed by atoms with Crippen molar-refractivity contribution in [3.8, 4) is 0 Å². The third-order valence-electron chi connectivity index (χ3n) is 4.72. The fourth-order valence-corrected chi connectivity index (χ4v) is 3.19. The van der Waals surface area contributed by atoms with E-state index in [9.17, 15) is 4.79 Å². The van der Waals surface area contributed by atoms with Crippen LogP contribution in [-0.4, -0.2) is 34.4 Å². The molecule has 1 saturated carbocycles. The molecule has 2 heterocycles. The molecule has 2 fully saturated rings. The van der Waals surface area contributed by atoms with Gasteiger partial charge in [-0.05, 0) is 50.3 Å². The third kappa shape index (κ3) is 3.62. The summed E-state index contributed by atoms with van der Waals surface area (Å²) < 4.78 is 0. The lowest BCUT2D eigenvalue weighted by Gasteiger charge is -2.33. The summed E-state index contributed by atoms with van der Waals surface area (Å²) in [7, 11) is 0. The average Bonchev–Trinajstić information content (AvgIpc) is 3.38. The van der Waals surface area contributed by atoms with Gasteiger partial charge in [0.15, 0.2) is 0 Å². The summed E-state index contributed by atoms with van der Waals surface area (Å²) in [6, 6.07) is 6.35. The quantitative estimate of drug-likeness (QED) is 0.904. The minimum absolute atomic E-state index is 0.00742. The number of hydrogen-bond donors (Lipinski definition) is 1. The summed E-state index contributed by atoms with van der Waals surface area (Å²) in [6.07, 6.45) is 7.45. The molecular formula is C17H25N3O. The van der Waals surface area contributed by atoms with E-state index in [1.54, 1.807) is 6.20 Å². The Morgan fingerprint density at radius 1 is 1.38 bits per heavy atom. The molecule has 1 amide bonds. The summed E-state index contributed by atoms with van der Waals surface area (Å²) in [4.78, 5) is 19.3. The van der Waals surface area contributed by atoms with Gasteiger partial charge in [0.05, 0.1) is 18.3 Å². The molecule has 0 radical (unpaired) electrons. The molecule has 0 bridgehead atoms. The topological polar surface area (TPSA) is 45.2 Å². The largest absolute Gasteiger partial charge is 0.332 e. The summed E-state index contributed by atoms with van der Waals surface area (Å²) in [5, 5.41) is 3.42. The molecule has 2 aliphatic rings. The Morgan fingerprint density at radius 2 is 2.24 bits per heavy atom. The van der Waals surface area contributed by atoms with Gasteiger partial charge in [-0.2, -0.15) is 0 Å². The molecule has 114 valence electrons. The van der Waals surface area contributed by atoms with Crippen LogP contribution < -0.4 is 5.32 Å². The lowest BCUT2D eigenvalue weighted by Crippen LogP contribution is -2.50. The van der Waals surface area contributed by atoms with Crippen molar-refractivity contribution in [2.45, 2.75) is 57.7 Å². The number of carbonyl (C=O) groups excluding carboxylic acids is 1. The van der Waals surface area contributed by atoms with Gasteiger partial charge in [-0.3, -0.25) is 9.78 Å². The standard InChI is InChI=1S/C17H25N3O/c1-2-13-8-10-19-16(11-13)17(21)20(15-6-7-15)12-14-5-3-4-9-18-14/h3-5,9,13,15-16,19H,2,6-8,10-12H2,1H3. The number of nitrogens with zero attached hydrogens (tertiary/aromatic N) is 2. The molecule has 1 aliphatic heterocycles. The zero-order chi connectivity index (χ0) is 14.7. The Labute approximate surface area is 126 Å². The van der Waals surface area contributed by atoms with E-state index < -0.39 is 0 Å². The van der Waals surface area contributed by atoms with Crippen molar-refractivity contribution in [3.63, 3.8) is 0 Å². The van der Waals surface area contributed by atoms with Crippen LogP contribution in [0.3, 0.4) is 0 Å². The van der Waals surface area contributed by atoms with Gasteiger partial charge in [-0.15, -0.1) is 0 Å². The fourth-order valence-electron chi connectivity index (χ4n) is 3.19. The van der Waals surface area contributed by atoms with Crippen LogP contribution in [0.5, 0.6) is 0 Å². The van der Waals surface area contributed by atoms with Crippen LogP contribution in [0, 0.1) is 5.92 Å². The Hall–Kier alpha value is -1.42. The van der Waals surface area contributed by atoms with Crippen molar-refractivity contribution in [2.75, 3.05) is 6.54 Å². The number of aromatic nitrogens is 1. The fraction of sp³-hybridized carbons (Fsp3) is 0.647. The molecule has 4 nitrogen and oxygen atoms in total. The number of hydrogen-bond acceptors (Lipinski definition) is 3. The van der Waals surface area contributed by atoms with E-state index in [2.05, 4.69) is 22.1 Å². The van der Waals surface area contributed by atoms with Crippen molar-refractivity contribution < 1.29 is 4.79 Å². The van der Waals surface area contributed by atoms with Gasteiger partial charge in [0.25, 0.3) is 0 Å². The maximum absolute atomic E-state index is 12.9. The summed E-state index contributed by atoms with van der Waals surface area (Å²) >= 11 is 0. The van der Waals surface area contributed by atoms with Crippen LogP contribution in [0.15, 0.2) is 24.4 Å². The van der Waals surface area contributed by atoms with Crippen LogP contribution >= 0.6 is 0 Å². The van der Waals surface area contributed by atoms with Crippen LogP contribution in [0.4, 0.5) is 0 Å². The van der Waals surface area contributed by atoms with E-state index in [1.165, 1.54) is 12.8 Å². The van der Waals surface area contributed by atoms with Gasteiger partial charge >= 0.3 is 0 Å². The molecule has 2 atom stereocenters. The lowest BCUT2D eigenvalue weighted by molar-refractivity contribution is -0.135. The van der Waals surface area contributed by atoms with E-state index in [0.717, 1.165) is 31.5 Å². The monoisotopic (exact) mass is 287 g/mol. The second-order valence-corrected chi connectivity index (χ2v) is 6.32. The predicted molar refractivity (Wildman–Crippen MR) is 82.6 cm³/mol. The number of rotatable bonds is 5. The second kappa shape index (κ2) is 6.56. The van der Waals surface area contributed by atoms with Gasteiger partial charge in [-0.25, -0.2) is 0 Å². The van der Waals surface area contributed by atoms with E-state index in [1.807, 2.05) is 18.2 Å². The lowest BCUT2D eigenvalue weighted by atomic mass is 9.90. The minimum atomic E-state index is 0.00742. The highest BCUT2D eigenvalue weighted by Crippen LogP contribution is 2.30. The van der Waals surface area contributed by atoms with Crippen LogP contribution in [-0.2, 0) is 11.3 Å². The number of pyridine rings is 1. The summed E-state index contributed by atoms with van der Waals surface area (Å²) in [6.45, 7) is 3.85. The molecule has 1 aliphatic carbocycles. The SMILES string of the molecule is CCC1CCNC(C(=O)N(Cc2ccccn2)C2CC2)C1. The number of nitrogens with one attached hydrogen (secondary N) is 1. The zero-order valence-electron chi connectivity index (χ0n) is 12.8. The van der Waals surface area contributed by atoms with Crippen molar-refractivity contribution >= 4 is 5.91 Å². The molecule has 1 N–H and O–H groups in total. The number of piperidine rings is 1. The van der Waals surface area contributed by atoms with Crippen LogP contribution in [0.25, 0.3) is 0 Å². The van der Waals surface area contributed by atoms with Crippen molar-refractivity contribution in [1.29, 1.82) is 0 Å². The first-order chi connectivity index (χ1) is 10.3. The summed E-state index contributed by atoms with van der Waals surface area (Å²) in [5.74, 6) is 0.970. The first-order valence-corrected chi connectivity index (χ1v) is 8.21. The highest BCUT2D eigenvalue weighted by Gasteiger charge is 2.37. The Balaban J connectivity index is 1.67. The van der Waals surface area contributed by atoms with Crippen molar-refractivity contribution in [2.24, 2.45) is 5.92 Å². The zero-order valence-corrected chi connectivity index (χ0v) is 12.8. The predicted octanol–water partition coefficient (Wildman–Crippen LogP) is 2.35. The molecule has 2 unspecified atom stereocenters. The van der Waals surface area contributed by atoms with E-state index in [4.69, 9.17) is 0 Å². The molecule has 21 heavy (non-hydrogen) atoms. The minimum Gasteiger partial charge on any atom is -0.332 e. The van der Waals surface area contributed by atoms with Gasteiger partial charge < -0.3 is 10.2 Å². The molecule has 1 aromatic heterocycles.